The third-order valence-electron chi connectivity index (χ3n) is 5.17. The molecule has 0 aliphatic carbocycles. The Labute approximate surface area is 194 Å². The summed E-state index contributed by atoms with van der Waals surface area (Å²) in [6.45, 7) is -0.179. The average Bonchev–Trinajstić information content (AvgIpc) is 3.16. The number of alkyl halides is 3. The number of carboxylic acid groups (broad SMARTS) is 1. The van der Waals surface area contributed by atoms with Gasteiger partial charge in [0.05, 0.1) is 17.7 Å². The molecule has 1 heterocycles. The van der Waals surface area contributed by atoms with Crippen molar-refractivity contribution in [2.24, 2.45) is 0 Å². The predicted molar refractivity (Wildman–Crippen MR) is 118 cm³/mol. The number of nitrogens with zero attached hydrogens (tertiary/aromatic N) is 1. The quantitative estimate of drug-likeness (QED) is 0.281. The van der Waals surface area contributed by atoms with Crippen LogP contribution in [0.25, 0.3) is 10.9 Å². The first-order chi connectivity index (χ1) is 15.6. The minimum absolute atomic E-state index is 0.00531. The zero-order chi connectivity index (χ0) is 23.8. The number of carboxylic acids is 1. The molecule has 0 atom stereocenters. The summed E-state index contributed by atoms with van der Waals surface area (Å²) >= 11 is 3.17. The van der Waals surface area contributed by atoms with Crippen LogP contribution in [0.2, 0.25) is 0 Å². The van der Waals surface area contributed by atoms with E-state index < -0.39 is 23.5 Å². The largest absolute Gasteiger partial charge is 0.488 e. The molecule has 0 amide bonds. The van der Waals surface area contributed by atoms with E-state index >= 15 is 0 Å². The third-order valence-corrected chi connectivity index (χ3v) is 5.66. The van der Waals surface area contributed by atoms with Gasteiger partial charge in [-0.15, -0.1) is 0 Å². The molecule has 4 nitrogen and oxygen atoms in total. The second-order valence-electron chi connectivity index (χ2n) is 7.33. The Morgan fingerprint density at radius 3 is 2.52 bits per heavy atom. The lowest BCUT2D eigenvalue weighted by Gasteiger charge is -2.16. The highest BCUT2D eigenvalue weighted by Gasteiger charge is 2.31. The smallest absolute Gasteiger partial charge is 0.416 e. The van der Waals surface area contributed by atoms with Crippen LogP contribution >= 0.6 is 15.9 Å². The summed E-state index contributed by atoms with van der Waals surface area (Å²) in [4.78, 5) is 11.5. The molecule has 170 valence electrons. The molecular formula is C24H16BrF4NO3. The molecule has 0 radical (unpaired) electrons. The fraction of sp³-hybridized carbons (Fsp3) is 0.125. The second-order valence-corrected chi connectivity index (χ2v) is 8.25. The summed E-state index contributed by atoms with van der Waals surface area (Å²) in [6, 6.07) is 13.9. The molecule has 0 unspecified atom stereocenters. The first kappa shape index (κ1) is 22.8. The fourth-order valence-electron chi connectivity index (χ4n) is 3.55. The molecule has 4 rings (SSSR count). The molecule has 0 bridgehead atoms. The SMILES string of the molecule is O=C(O)c1cccc2c1ccn2Cc1cc(C(F)(F)F)ccc1OCc1ccc(Br)cc1F. The number of rotatable bonds is 6. The molecule has 0 saturated carbocycles. The Kier molecular flexibility index (Phi) is 6.16. The van der Waals surface area contributed by atoms with Gasteiger partial charge in [-0.1, -0.05) is 28.1 Å². The second kappa shape index (κ2) is 8.90. The molecule has 1 N–H and O–H groups in total. The van der Waals surface area contributed by atoms with Crippen LogP contribution in [0.4, 0.5) is 17.6 Å². The summed E-state index contributed by atoms with van der Waals surface area (Å²) in [5.41, 5.74) is 0.277. The number of fused-ring (bicyclic) bond motifs is 1. The lowest BCUT2D eigenvalue weighted by Crippen LogP contribution is -2.09. The molecule has 0 spiro atoms. The van der Waals surface area contributed by atoms with E-state index in [9.17, 15) is 27.5 Å². The molecule has 0 saturated heterocycles. The van der Waals surface area contributed by atoms with Crippen molar-refractivity contribution in [1.82, 2.24) is 4.57 Å². The highest BCUT2D eigenvalue weighted by molar-refractivity contribution is 9.10. The molecule has 4 aromatic rings. The number of carbonyl (C=O) groups is 1. The first-order valence-corrected chi connectivity index (χ1v) is 10.5. The molecule has 0 aliphatic heterocycles. The number of aromatic nitrogens is 1. The summed E-state index contributed by atoms with van der Waals surface area (Å²) in [5.74, 6) is -1.44. The normalized spacial score (nSPS) is 11.7. The van der Waals surface area contributed by atoms with Crippen LogP contribution in [-0.4, -0.2) is 15.6 Å². The van der Waals surface area contributed by atoms with E-state index in [0.29, 0.717) is 15.4 Å². The number of hydrogen-bond acceptors (Lipinski definition) is 2. The van der Waals surface area contributed by atoms with Gasteiger partial charge in [-0.3, -0.25) is 0 Å². The summed E-state index contributed by atoms with van der Waals surface area (Å²) in [7, 11) is 0. The van der Waals surface area contributed by atoms with Gasteiger partial charge in [-0.25, -0.2) is 9.18 Å². The van der Waals surface area contributed by atoms with Gasteiger partial charge in [0.1, 0.15) is 18.2 Å². The third kappa shape index (κ3) is 4.88. The predicted octanol–water partition coefficient (Wildman–Crippen LogP) is 6.89. The Morgan fingerprint density at radius 1 is 1.03 bits per heavy atom. The van der Waals surface area contributed by atoms with Crippen molar-refractivity contribution in [2.75, 3.05) is 0 Å². The van der Waals surface area contributed by atoms with E-state index in [0.717, 1.165) is 12.1 Å². The molecule has 9 heteroatoms. The number of hydrogen-bond donors (Lipinski definition) is 1. The van der Waals surface area contributed by atoms with Crippen molar-refractivity contribution < 1.29 is 32.2 Å². The number of benzene rings is 3. The minimum Gasteiger partial charge on any atom is -0.488 e. The highest BCUT2D eigenvalue weighted by atomic mass is 79.9. The van der Waals surface area contributed by atoms with Gasteiger partial charge >= 0.3 is 12.1 Å². The summed E-state index contributed by atoms with van der Waals surface area (Å²) in [6.07, 6.45) is -2.95. The molecule has 0 fully saturated rings. The standard InChI is InChI=1S/C24H16BrF4NO3/c25-17-6-4-14(20(26)11-17)13-33-22-7-5-16(24(27,28)29)10-15(22)12-30-9-8-18-19(23(31)32)2-1-3-21(18)30/h1-11H,12-13H2,(H,31,32). The van der Waals surface area contributed by atoms with Gasteiger partial charge in [-0.2, -0.15) is 13.2 Å². The Balaban J connectivity index is 1.70. The van der Waals surface area contributed by atoms with Gasteiger partial charge in [0.15, 0.2) is 0 Å². The van der Waals surface area contributed by atoms with Crippen LogP contribution < -0.4 is 4.74 Å². The van der Waals surface area contributed by atoms with Crippen molar-refractivity contribution in [1.29, 1.82) is 0 Å². The van der Waals surface area contributed by atoms with Crippen molar-refractivity contribution in [3.63, 3.8) is 0 Å². The van der Waals surface area contributed by atoms with Crippen molar-refractivity contribution in [2.45, 2.75) is 19.3 Å². The van der Waals surface area contributed by atoms with Gasteiger partial charge in [0, 0.05) is 32.7 Å². The lowest BCUT2D eigenvalue weighted by molar-refractivity contribution is -0.137. The van der Waals surface area contributed by atoms with Crippen molar-refractivity contribution in [3.05, 3.63) is 99.4 Å². The molecule has 0 aliphatic rings. The lowest BCUT2D eigenvalue weighted by atomic mass is 10.1. The summed E-state index contributed by atoms with van der Waals surface area (Å²) in [5, 5.41) is 9.85. The highest BCUT2D eigenvalue weighted by Crippen LogP contribution is 2.34. The summed E-state index contributed by atoms with van der Waals surface area (Å²) < 4.78 is 62.1. The van der Waals surface area contributed by atoms with E-state index in [-0.39, 0.29) is 35.6 Å². The van der Waals surface area contributed by atoms with Crippen LogP contribution in [0.15, 0.2) is 71.3 Å². The molecule has 33 heavy (non-hydrogen) atoms. The zero-order valence-corrected chi connectivity index (χ0v) is 18.5. The molecule has 1 aromatic heterocycles. The van der Waals surface area contributed by atoms with E-state index in [1.165, 1.54) is 24.3 Å². The molecular weight excluding hydrogens is 506 g/mol. The van der Waals surface area contributed by atoms with Crippen LogP contribution in [0.5, 0.6) is 5.75 Å². The number of aromatic carboxylic acids is 1. The molecule has 3 aromatic carbocycles. The van der Waals surface area contributed by atoms with E-state index in [1.54, 1.807) is 35.0 Å². The van der Waals surface area contributed by atoms with E-state index in [1.807, 2.05) is 0 Å². The van der Waals surface area contributed by atoms with Gasteiger partial charge in [0.2, 0.25) is 0 Å². The van der Waals surface area contributed by atoms with Crippen LogP contribution in [0, 0.1) is 5.82 Å². The van der Waals surface area contributed by atoms with Gasteiger partial charge in [0.25, 0.3) is 0 Å². The maximum atomic E-state index is 14.1. The number of ether oxygens (including phenoxy) is 1. The number of halogens is 5. The fourth-order valence-corrected chi connectivity index (χ4v) is 3.88. The maximum absolute atomic E-state index is 14.1. The zero-order valence-electron chi connectivity index (χ0n) is 16.9. The topological polar surface area (TPSA) is 51.5 Å². The van der Waals surface area contributed by atoms with Gasteiger partial charge in [-0.05, 0) is 48.5 Å². The van der Waals surface area contributed by atoms with E-state index in [2.05, 4.69) is 15.9 Å². The van der Waals surface area contributed by atoms with Crippen LogP contribution in [0.1, 0.15) is 27.0 Å². The maximum Gasteiger partial charge on any atom is 0.416 e. The van der Waals surface area contributed by atoms with Crippen LogP contribution in [0.3, 0.4) is 0 Å². The first-order valence-electron chi connectivity index (χ1n) is 9.71. The minimum atomic E-state index is -4.56. The van der Waals surface area contributed by atoms with Gasteiger partial charge < -0.3 is 14.4 Å². The van der Waals surface area contributed by atoms with Crippen molar-refractivity contribution >= 4 is 32.8 Å². The Bertz CT molecular complexity index is 1350. The average molecular weight is 522 g/mol. The Hall–Kier alpha value is -3.33. The Morgan fingerprint density at radius 2 is 1.82 bits per heavy atom. The van der Waals surface area contributed by atoms with E-state index in [4.69, 9.17) is 4.74 Å². The van der Waals surface area contributed by atoms with Crippen molar-refractivity contribution in [3.8, 4) is 5.75 Å². The van der Waals surface area contributed by atoms with Crippen LogP contribution in [-0.2, 0) is 19.3 Å². The monoisotopic (exact) mass is 521 g/mol.